The molecule has 0 aromatic carbocycles. The molecule has 0 saturated heterocycles. The van der Waals surface area contributed by atoms with E-state index in [1.54, 1.807) is 12.3 Å². The molecular formula is C6H8BrNO2S2. The molecule has 12 heavy (non-hydrogen) atoms. The highest BCUT2D eigenvalue weighted by Gasteiger charge is 2.11. The summed E-state index contributed by atoms with van der Waals surface area (Å²) in [6.07, 6.45) is 0. The quantitative estimate of drug-likeness (QED) is 0.842. The summed E-state index contributed by atoms with van der Waals surface area (Å²) in [5.41, 5.74) is 0. The van der Waals surface area contributed by atoms with Crippen molar-refractivity contribution in [2.24, 2.45) is 0 Å². The lowest BCUT2D eigenvalue weighted by atomic mass is 10.8. The molecule has 1 aromatic heterocycles. The molecule has 0 aliphatic rings. The first-order valence-corrected chi connectivity index (χ1v) is 6.83. The Hall–Kier alpha value is 0.0600. The number of rotatable bonds is 3. The van der Waals surface area contributed by atoms with Gasteiger partial charge in [-0.15, -0.1) is 11.3 Å². The van der Waals surface area contributed by atoms with E-state index in [0.29, 0.717) is 9.61 Å². The van der Waals surface area contributed by atoms with Crippen LogP contribution in [0.15, 0.2) is 9.98 Å². The Bertz CT molecular complexity index is 357. The maximum absolute atomic E-state index is 11.1. The van der Waals surface area contributed by atoms with Crippen LogP contribution in [-0.4, -0.2) is 19.2 Å². The minimum Gasteiger partial charge on any atom is -0.233 e. The molecule has 0 bridgehead atoms. The number of sulfone groups is 1. The molecule has 0 atom stereocenters. The third-order valence-electron chi connectivity index (χ3n) is 1.31. The summed E-state index contributed by atoms with van der Waals surface area (Å²) >= 11 is 4.52. The maximum atomic E-state index is 11.1. The number of thiazole rings is 1. The van der Waals surface area contributed by atoms with E-state index in [1.165, 1.54) is 11.3 Å². The third-order valence-corrected chi connectivity index (χ3v) is 4.64. The Balaban J connectivity index is 2.77. The van der Waals surface area contributed by atoms with Gasteiger partial charge in [0, 0.05) is 11.1 Å². The average molecular weight is 270 g/mol. The van der Waals surface area contributed by atoms with Crippen molar-refractivity contribution < 1.29 is 8.42 Å². The molecule has 1 heterocycles. The first kappa shape index (κ1) is 10.1. The van der Waals surface area contributed by atoms with Crippen molar-refractivity contribution in [3.8, 4) is 0 Å². The van der Waals surface area contributed by atoms with Gasteiger partial charge >= 0.3 is 0 Å². The fraction of sp³-hybridized carbons (Fsp3) is 0.500. The second-order valence-corrected chi connectivity index (χ2v) is 6.35. The van der Waals surface area contributed by atoms with Crippen molar-refractivity contribution in [3.05, 3.63) is 15.0 Å². The van der Waals surface area contributed by atoms with Gasteiger partial charge in [-0.3, -0.25) is 0 Å². The molecule has 6 heteroatoms. The number of nitrogens with zero attached hydrogens (tertiary/aromatic N) is 1. The van der Waals surface area contributed by atoms with Gasteiger partial charge < -0.3 is 0 Å². The van der Waals surface area contributed by atoms with Crippen LogP contribution in [0.2, 0.25) is 0 Å². The zero-order valence-electron chi connectivity index (χ0n) is 6.45. The SMILES string of the molecule is CCS(=O)(=O)Cc1nc(Br)cs1. The molecule has 0 N–H and O–H groups in total. The van der Waals surface area contributed by atoms with Crippen LogP contribution in [0.5, 0.6) is 0 Å². The first-order valence-electron chi connectivity index (χ1n) is 3.34. The molecule has 1 rings (SSSR count). The summed E-state index contributed by atoms with van der Waals surface area (Å²) in [5.74, 6) is 0.226. The molecule has 1 aromatic rings. The van der Waals surface area contributed by atoms with Crippen LogP contribution in [0.1, 0.15) is 11.9 Å². The zero-order chi connectivity index (χ0) is 9.19. The lowest BCUT2D eigenvalue weighted by molar-refractivity contribution is 0.596. The van der Waals surface area contributed by atoms with E-state index < -0.39 is 9.84 Å². The molecule has 0 fully saturated rings. The van der Waals surface area contributed by atoms with E-state index in [-0.39, 0.29) is 11.5 Å². The summed E-state index contributed by atoms with van der Waals surface area (Å²) in [4.78, 5) is 4.00. The Morgan fingerprint density at radius 1 is 1.67 bits per heavy atom. The van der Waals surface area contributed by atoms with E-state index in [2.05, 4.69) is 20.9 Å². The fourth-order valence-corrected chi connectivity index (χ4v) is 3.15. The van der Waals surface area contributed by atoms with Crippen LogP contribution in [0, 0.1) is 0 Å². The highest BCUT2D eigenvalue weighted by Crippen LogP contribution is 2.17. The van der Waals surface area contributed by atoms with E-state index in [4.69, 9.17) is 0 Å². The van der Waals surface area contributed by atoms with Crippen LogP contribution in [-0.2, 0) is 15.6 Å². The summed E-state index contributed by atoms with van der Waals surface area (Å²) in [6.45, 7) is 1.64. The van der Waals surface area contributed by atoms with Crippen molar-refractivity contribution >= 4 is 37.1 Å². The molecule has 68 valence electrons. The van der Waals surface area contributed by atoms with E-state index in [1.807, 2.05) is 0 Å². The van der Waals surface area contributed by atoms with Gasteiger partial charge in [-0.1, -0.05) is 6.92 Å². The lowest BCUT2D eigenvalue weighted by Gasteiger charge is -1.95. The van der Waals surface area contributed by atoms with Crippen LogP contribution in [0.3, 0.4) is 0 Å². The van der Waals surface area contributed by atoms with Crippen molar-refractivity contribution in [3.63, 3.8) is 0 Å². The van der Waals surface area contributed by atoms with Crippen molar-refractivity contribution in [2.75, 3.05) is 5.75 Å². The molecule has 0 spiro atoms. The van der Waals surface area contributed by atoms with Gasteiger partial charge in [0.2, 0.25) is 0 Å². The molecule has 0 radical (unpaired) electrons. The summed E-state index contributed by atoms with van der Waals surface area (Å²) in [7, 11) is -2.93. The Labute approximate surface area is 83.9 Å². The van der Waals surface area contributed by atoms with E-state index >= 15 is 0 Å². The lowest BCUT2D eigenvalue weighted by Crippen LogP contribution is -2.05. The first-order chi connectivity index (χ1) is 5.53. The molecule has 0 aliphatic carbocycles. The van der Waals surface area contributed by atoms with Crippen LogP contribution >= 0.6 is 27.3 Å². The number of halogens is 1. The van der Waals surface area contributed by atoms with E-state index in [9.17, 15) is 8.42 Å². The van der Waals surface area contributed by atoms with Crippen LogP contribution in [0.4, 0.5) is 0 Å². The topological polar surface area (TPSA) is 47.0 Å². The number of hydrogen-bond donors (Lipinski definition) is 0. The van der Waals surface area contributed by atoms with Gasteiger partial charge in [0.1, 0.15) is 15.4 Å². The van der Waals surface area contributed by atoms with E-state index in [0.717, 1.165) is 0 Å². The molecule has 0 aliphatic heterocycles. The van der Waals surface area contributed by atoms with Gasteiger partial charge in [0.25, 0.3) is 0 Å². The summed E-state index contributed by atoms with van der Waals surface area (Å²) < 4.78 is 23.0. The van der Waals surface area contributed by atoms with Crippen LogP contribution in [0.25, 0.3) is 0 Å². The molecule has 3 nitrogen and oxygen atoms in total. The Morgan fingerprint density at radius 2 is 2.33 bits per heavy atom. The molecule has 0 unspecified atom stereocenters. The highest BCUT2D eigenvalue weighted by atomic mass is 79.9. The average Bonchev–Trinajstić information content (AvgIpc) is 2.35. The highest BCUT2D eigenvalue weighted by molar-refractivity contribution is 9.10. The minimum atomic E-state index is -2.93. The summed E-state index contributed by atoms with van der Waals surface area (Å²) in [6, 6.07) is 0. The largest absolute Gasteiger partial charge is 0.233 e. The van der Waals surface area contributed by atoms with Gasteiger partial charge in [-0.25, -0.2) is 13.4 Å². The van der Waals surface area contributed by atoms with Crippen molar-refractivity contribution in [1.29, 1.82) is 0 Å². The monoisotopic (exact) mass is 269 g/mol. The molecule has 0 amide bonds. The van der Waals surface area contributed by atoms with Gasteiger partial charge in [-0.05, 0) is 15.9 Å². The predicted molar refractivity (Wildman–Crippen MR) is 53.0 cm³/mol. The summed E-state index contributed by atoms with van der Waals surface area (Å²) in [5, 5.41) is 2.42. The zero-order valence-corrected chi connectivity index (χ0v) is 9.67. The number of aromatic nitrogens is 1. The second-order valence-electron chi connectivity index (χ2n) is 2.24. The van der Waals surface area contributed by atoms with Crippen molar-refractivity contribution in [2.45, 2.75) is 12.7 Å². The smallest absolute Gasteiger partial charge is 0.156 e. The predicted octanol–water partition coefficient (Wildman–Crippen LogP) is 1.84. The van der Waals surface area contributed by atoms with Crippen LogP contribution < -0.4 is 0 Å². The maximum Gasteiger partial charge on any atom is 0.156 e. The fourth-order valence-electron chi connectivity index (χ4n) is 0.645. The normalized spacial score (nSPS) is 11.8. The molecular weight excluding hydrogens is 262 g/mol. The van der Waals surface area contributed by atoms with Gasteiger partial charge in [-0.2, -0.15) is 0 Å². The van der Waals surface area contributed by atoms with Gasteiger partial charge in [0.15, 0.2) is 9.84 Å². The van der Waals surface area contributed by atoms with Gasteiger partial charge in [0.05, 0.1) is 0 Å². The minimum absolute atomic E-state index is 0.0553. The third kappa shape index (κ3) is 2.84. The Kier molecular flexibility index (Phi) is 3.25. The van der Waals surface area contributed by atoms with Crippen molar-refractivity contribution in [1.82, 2.24) is 4.98 Å². The molecule has 0 saturated carbocycles. The standard InChI is InChI=1S/C6H8BrNO2S2/c1-2-12(9,10)4-6-8-5(7)3-11-6/h3H,2,4H2,1H3. The number of hydrogen-bond acceptors (Lipinski definition) is 4. The Morgan fingerprint density at radius 3 is 2.75 bits per heavy atom. The second kappa shape index (κ2) is 3.85.